The van der Waals surface area contributed by atoms with Crippen LogP contribution in [0.5, 0.6) is 0 Å². The molecule has 0 amide bonds. The molecule has 6 fully saturated rings. The van der Waals surface area contributed by atoms with Gasteiger partial charge in [0.15, 0.2) is 5.79 Å². The number of carbonyl (C=O) groups is 2. The molecular formula is C49H82O18. The van der Waals surface area contributed by atoms with Gasteiger partial charge in [-0.15, -0.1) is 0 Å². The fraction of sp³-hybridized carbons (Fsp3) is 0.878. The number of carbonyl (C=O) groups excluding carboxylic acids is 2. The van der Waals surface area contributed by atoms with E-state index in [4.69, 9.17) is 42.6 Å². The van der Waals surface area contributed by atoms with E-state index < -0.39 is 72.9 Å². The third-order valence-electron chi connectivity index (χ3n) is 15.0. The molecule has 386 valence electrons. The largest absolute Gasteiger partial charge is 0.469 e. The van der Waals surface area contributed by atoms with Crippen LogP contribution in [0.2, 0.25) is 0 Å². The van der Waals surface area contributed by atoms with Crippen LogP contribution < -0.4 is 0 Å². The number of rotatable bonds is 16. The molecule has 0 spiro atoms. The van der Waals surface area contributed by atoms with Gasteiger partial charge in [-0.1, -0.05) is 54.7 Å². The van der Waals surface area contributed by atoms with Crippen LogP contribution in [0.1, 0.15) is 106 Å². The van der Waals surface area contributed by atoms with Crippen LogP contribution in [0.4, 0.5) is 0 Å². The average Bonchev–Trinajstić information content (AvgIpc) is 3.30. The van der Waals surface area contributed by atoms with Crippen molar-refractivity contribution in [2.45, 2.75) is 203 Å². The van der Waals surface area contributed by atoms with Crippen molar-refractivity contribution < 1.29 is 88.0 Å². The fourth-order valence-electron chi connectivity index (χ4n) is 10.4. The van der Waals surface area contributed by atoms with E-state index in [0.29, 0.717) is 57.3 Å². The van der Waals surface area contributed by atoms with Crippen LogP contribution in [-0.2, 0) is 52.2 Å². The lowest BCUT2D eigenvalue weighted by molar-refractivity contribution is -0.307. The predicted molar refractivity (Wildman–Crippen MR) is 241 cm³/mol. The zero-order chi connectivity index (χ0) is 49.5. The number of hydrogen-bond acceptors (Lipinski definition) is 18. The summed E-state index contributed by atoms with van der Waals surface area (Å²) >= 11 is 0. The minimum Gasteiger partial charge on any atom is -0.469 e. The Bertz CT molecular complexity index is 1620. The minimum atomic E-state index is -0.993. The Labute approximate surface area is 396 Å². The first-order valence-corrected chi connectivity index (χ1v) is 24.2. The molecule has 0 radical (unpaired) electrons. The first-order valence-electron chi connectivity index (χ1n) is 24.2. The van der Waals surface area contributed by atoms with Crippen LogP contribution in [0.3, 0.4) is 0 Å². The second-order valence-corrected chi connectivity index (χ2v) is 20.8. The number of aliphatic hydroxyl groups is 7. The van der Waals surface area contributed by atoms with Gasteiger partial charge in [0.2, 0.25) is 0 Å². The van der Waals surface area contributed by atoms with Gasteiger partial charge in [-0.3, -0.25) is 9.59 Å². The highest BCUT2D eigenvalue weighted by molar-refractivity contribution is 5.69. The standard InChI is InChI=1S/C27H46O10.C22H36O8/c1-15(11-27(8-7-23(31)33-6)34-13-26(4,5)14-35-27)16(2)18(29)9-20-24(32)17(3)25-21(36-20)10-19(30)22(12-28)37-25;1-11-7-14(5-6-20(25)27-4)28-16(12(11)2)9-17-21(26)13(3)22-18(29-17)8-15(24)19(10-23)30-22/h15,17-22,24-25,28-30,32H,2,7-14H2,1,3-6H3;11,13-19,21-24,26H,2,5-10H2,1,3-4H3/t15-,17-,18-,19-,20+,21+,22-,24-,25+;11-,13-,14+,15-,16-,17+,18+,19-,21-,22+/m11/s1. The Morgan fingerprint density at radius 1 is 0.761 bits per heavy atom. The van der Waals surface area contributed by atoms with Crippen molar-refractivity contribution in [3.8, 4) is 0 Å². The van der Waals surface area contributed by atoms with Crippen LogP contribution in [0, 0.1) is 29.1 Å². The van der Waals surface area contributed by atoms with Crippen LogP contribution in [0.15, 0.2) is 24.3 Å². The number of ether oxygens (including phenoxy) is 9. The molecule has 0 aromatic rings. The van der Waals surface area contributed by atoms with Crippen LogP contribution in [0.25, 0.3) is 0 Å². The highest BCUT2D eigenvalue weighted by Crippen LogP contribution is 2.42. The van der Waals surface area contributed by atoms with Crippen molar-refractivity contribution in [3.05, 3.63) is 24.3 Å². The summed E-state index contributed by atoms with van der Waals surface area (Å²) in [6.45, 7) is 20.6. The Balaban J connectivity index is 0.000000256. The number of aliphatic hydroxyl groups excluding tert-OH is 7. The number of hydrogen-bond donors (Lipinski definition) is 7. The van der Waals surface area contributed by atoms with Crippen LogP contribution >= 0.6 is 0 Å². The van der Waals surface area contributed by atoms with E-state index in [1.54, 1.807) is 0 Å². The maximum absolute atomic E-state index is 11.8. The molecule has 0 unspecified atom stereocenters. The summed E-state index contributed by atoms with van der Waals surface area (Å²) in [6.07, 6.45) is -5.02. The maximum atomic E-state index is 11.8. The van der Waals surface area contributed by atoms with Gasteiger partial charge in [-0.2, -0.15) is 0 Å². The SMILES string of the molecule is C=C([C@H](C)CC1(CCC(=O)OC)OCC(C)(C)CO1)[C@H](O)C[C@@H]1O[C@H]2C[C@@H](O)[C@@H](CO)O[C@H]2[C@H](C)[C@H]1O.C=C1[C@H](C)C[C@H](CCC(=O)OC)O[C@@H]1C[C@@H]1O[C@H]2C[C@@H](O)[C@@H](CO)O[C@H]2[C@H](C)[C@H]1O. The van der Waals surface area contributed by atoms with E-state index >= 15 is 0 Å². The van der Waals surface area contributed by atoms with Crippen molar-refractivity contribution in [2.24, 2.45) is 29.1 Å². The Morgan fingerprint density at radius 3 is 1.79 bits per heavy atom. The molecule has 0 aromatic heterocycles. The average molecular weight is 959 g/mol. The number of esters is 2. The molecule has 18 heteroatoms. The molecule has 7 N–H and O–H groups in total. The van der Waals surface area contributed by atoms with E-state index in [0.717, 1.165) is 12.0 Å². The summed E-state index contributed by atoms with van der Waals surface area (Å²) in [5.41, 5.74) is 1.38. The highest BCUT2D eigenvalue weighted by atomic mass is 16.7. The smallest absolute Gasteiger partial charge is 0.305 e. The lowest BCUT2D eigenvalue weighted by atomic mass is 9.79. The minimum absolute atomic E-state index is 0.0781. The lowest BCUT2D eigenvalue weighted by Gasteiger charge is -2.50. The normalized spacial score (nSPS) is 40.2. The zero-order valence-electron chi connectivity index (χ0n) is 40.9. The summed E-state index contributed by atoms with van der Waals surface area (Å²) < 4.78 is 52.0. The molecule has 6 saturated heterocycles. The number of fused-ring (bicyclic) bond motifs is 2. The predicted octanol–water partition coefficient (Wildman–Crippen LogP) is 2.27. The summed E-state index contributed by atoms with van der Waals surface area (Å²) in [4.78, 5) is 23.3. The zero-order valence-corrected chi connectivity index (χ0v) is 40.9. The van der Waals surface area contributed by atoms with E-state index in [1.165, 1.54) is 14.2 Å². The third-order valence-corrected chi connectivity index (χ3v) is 15.0. The molecule has 6 heterocycles. The van der Waals surface area contributed by atoms with Gasteiger partial charge in [0.1, 0.15) is 12.2 Å². The maximum Gasteiger partial charge on any atom is 0.305 e. The summed E-state index contributed by atoms with van der Waals surface area (Å²) in [7, 11) is 2.72. The first kappa shape index (κ1) is 55.8. The van der Waals surface area contributed by atoms with Crippen molar-refractivity contribution in [2.75, 3.05) is 40.6 Å². The first-order chi connectivity index (χ1) is 31.6. The van der Waals surface area contributed by atoms with Crippen LogP contribution in [-0.4, -0.2) is 186 Å². The number of methoxy groups -OCH3 is 2. The van der Waals surface area contributed by atoms with E-state index in [9.17, 15) is 45.3 Å². The molecule has 19 atom stereocenters. The van der Waals surface area contributed by atoms with Crippen molar-refractivity contribution in [1.82, 2.24) is 0 Å². The molecule has 0 aliphatic carbocycles. The van der Waals surface area contributed by atoms with E-state index in [2.05, 4.69) is 20.1 Å². The van der Waals surface area contributed by atoms with Gasteiger partial charge >= 0.3 is 11.9 Å². The molecule has 0 aromatic carbocycles. The van der Waals surface area contributed by atoms with Gasteiger partial charge < -0.3 is 78.4 Å². The topological polar surface area (TPSA) is 259 Å². The molecule has 6 aliphatic heterocycles. The molecule has 18 nitrogen and oxygen atoms in total. The third kappa shape index (κ3) is 14.1. The molecule has 6 aliphatic rings. The van der Waals surface area contributed by atoms with Gasteiger partial charge in [-0.05, 0) is 35.8 Å². The van der Waals surface area contributed by atoms with Gasteiger partial charge in [0.05, 0.1) is 126 Å². The summed E-state index contributed by atoms with van der Waals surface area (Å²) in [6, 6.07) is 0. The molecule has 0 bridgehead atoms. The van der Waals surface area contributed by atoms with Crippen molar-refractivity contribution in [3.63, 3.8) is 0 Å². The second kappa shape index (κ2) is 24.3. The Hall–Kier alpha value is -2.14. The van der Waals surface area contributed by atoms with Crippen molar-refractivity contribution in [1.29, 1.82) is 0 Å². The molecule has 67 heavy (non-hydrogen) atoms. The fourth-order valence-corrected chi connectivity index (χ4v) is 10.4. The summed E-state index contributed by atoms with van der Waals surface area (Å²) in [5, 5.41) is 72.2. The Morgan fingerprint density at radius 2 is 1.27 bits per heavy atom. The lowest BCUT2D eigenvalue weighted by Crippen LogP contribution is -2.61. The van der Waals surface area contributed by atoms with Crippen molar-refractivity contribution >= 4 is 11.9 Å². The van der Waals surface area contributed by atoms with E-state index in [1.807, 2.05) is 34.6 Å². The summed E-state index contributed by atoms with van der Waals surface area (Å²) in [5.74, 6) is -2.09. The van der Waals surface area contributed by atoms with Gasteiger partial charge in [0.25, 0.3) is 0 Å². The second-order valence-electron chi connectivity index (χ2n) is 20.8. The molecular weight excluding hydrogens is 877 g/mol. The quantitative estimate of drug-likeness (QED) is 0.0865. The van der Waals surface area contributed by atoms with Gasteiger partial charge in [0, 0.05) is 62.2 Å². The molecule has 6 rings (SSSR count). The Kier molecular flexibility index (Phi) is 20.2. The monoisotopic (exact) mass is 959 g/mol. The highest BCUT2D eigenvalue weighted by Gasteiger charge is 2.51. The van der Waals surface area contributed by atoms with Gasteiger partial charge in [-0.25, -0.2) is 0 Å². The molecule has 0 saturated carbocycles. The van der Waals surface area contributed by atoms with E-state index in [-0.39, 0.29) is 97.9 Å².